The molecule has 0 saturated heterocycles. The summed E-state index contributed by atoms with van der Waals surface area (Å²) < 4.78 is 33.2. The Morgan fingerprint density at radius 2 is 1.93 bits per heavy atom. The van der Waals surface area contributed by atoms with Gasteiger partial charge in [-0.2, -0.15) is 0 Å². The van der Waals surface area contributed by atoms with E-state index in [1.807, 2.05) is 0 Å². The second kappa shape index (κ2) is 7.78. The molecule has 2 atom stereocenters. The molecule has 8 nitrogen and oxygen atoms in total. The Balaban J connectivity index is 1.56. The summed E-state index contributed by atoms with van der Waals surface area (Å²) in [5.41, 5.74) is 1.13. The Morgan fingerprint density at radius 3 is 2.57 bits per heavy atom. The van der Waals surface area contributed by atoms with Gasteiger partial charge in [0.25, 0.3) is 5.91 Å². The smallest absolute Gasteiger partial charge is 0.348 e. The van der Waals surface area contributed by atoms with Gasteiger partial charge >= 0.3 is 5.97 Å². The molecule has 0 spiro atoms. The number of ether oxygens (including phenoxy) is 2. The second-order valence-electron chi connectivity index (χ2n) is 6.20. The number of primary sulfonamides is 1. The number of carbonyl (C=O) groups excluding carboxylic acids is 2. The number of carbonyl (C=O) groups is 2. The van der Waals surface area contributed by atoms with Crippen LogP contribution in [0.4, 0.5) is 5.69 Å². The van der Waals surface area contributed by atoms with E-state index in [4.69, 9.17) is 26.2 Å². The van der Waals surface area contributed by atoms with Crippen LogP contribution >= 0.6 is 11.6 Å². The van der Waals surface area contributed by atoms with E-state index in [1.54, 1.807) is 18.2 Å². The van der Waals surface area contributed by atoms with Crippen LogP contribution in [0.1, 0.15) is 12.5 Å². The number of halogens is 1. The molecule has 0 bridgehead atoms. The summed E-state index contributed by atoms with van der Waals surface area (Å²) in [5.74, 6) is -0.687. The van der Waals surface area contributed by atoms with E-state index < -0.39 is 34.1 Å². The van der Waals surface area contributed by atoms with Gasteiger partial charge in [-0.3, -0.25) is 4.79 Å². The van der Waals surface area contributed by atoms with Crippen molar-refractivity contribution in [1.82, 2.24) is 0 Å². The fourth-order valence-corrected chi connectivity index (χ4v) is 3.33. The summed E-state index contributed by atoms with van der Waals surface area (Å²) in [7, 11) is -3.82. The maximum atomic E-state index is 12.3. The number of fused-ring (bicyclic) bond motifs is 1. The van der Waals surface area contributed by atoms with Gasteiger partial charge in [0.15, 0.2) is 12.2 Å². The van der Waals surface area contributed by atoms with Crippen LogP contribution in [-0.4, -0.2) is 32.5 Å². The highest BCUT2D eigenvalue weighted by Crippen LogP contribution is 2.31. The van der Waals surface area contributed by atoms with E-state index in [-0.39, 0.29) is 4.90 Å². The molecule has 28 heavy (non-hydrogen) atoms. The fourth-order valence-electron chi connectivity index (χ4n) is 2.62. The molecule has 0 fully saturated rings. The first-order chi connectivity index (χ1) is 13.1. The third kappa shape index (κ3) is 4.61. The maximum absolute atomic E-state index is 12.3. The van der Waals surface area contributed by atoms with Crippen LogP contribution in [0, 0.1) is 0 Å². The molecule has 3 rings (SSSR count). The van der Waals surface area contributed by atoms with Gasteiger partial charge in [-0.05, 0) is 55.0 Å². The normalized spacial score (nSPS) is 16.6. The molecule has 1 heterocycles. The topological polar surface area (TPSA) is 125 Å². The number of benzene rings is 2. The van der Waals surface area contributed by atoms with Crippen LogP contribution in [0.5, 0.6) is 5.75 Å². The van der Waals surface area contributed by atoms with Crippen molar-refractivity contribution in [2.45, 2.75) is 30.4 Å². The highest BCUT2D eigenvalue weighted by atomic mass is 35.5. The molecular formula is C18H17ClN2O6S. The first-order valence-corrected chi connectivity index (χ1v) is 10.2. The van der Waals surface area contributed by atoms with Gasteiger partial charge in [0.2, 0.25) is 10.0 Å². The van der Waals surface area contributed by atoms with Crippen molar-refractivity contribution < 1.29 is 27.5 Å². The van der Waals surface area contributed by atoms with E-state index in [1.165, 1.54) is 31.2 Å². The van der Waals surface area contributed by atoms with E-state index in [0.717, 1.165) is 5.56 Å². The standard InChI is InChI=1S/C18H17ClN2O6S/c1-10(17(22)21-13-3-5-14(6-4-13)28(20,24)25)26-18(23)16-9-11-8-12(19)2-7-15(11)27-16/h2-8,10,16H,9H2,1H3,(H,21,22)(H2,20,24,25)/t10-,16-/m0/s1. The van der Waals surface area contributed by atoms with Crippen LogP contribution in [-0.2, 0) is 30.8 Å². The third-order valence-corrected chi connectivity index (χ3v) is 5.24. The molecule has 0 aliphatic carbocycles. The highest BCUT2D eigenvalue weighted by molar-refractivity contribution is 7.89. The molecular weight excluding hydrogens is 408 g/mol. The van der Waals surface area contributed by atoms with Gasteiger partial charge < -0.3 is 14.8 Å². The second-order valence-corrected chi connectivity index (χ2v) is 8.20. The molecule has 148 valence electrons. The Hall–Kier alpha value is -2.62. The van der Waals surface area contributed by atoms with Gasteiger partial charge in [0.1, 0.15) is 5.75 Å². The van der Waals surface area contributed by atoms with E-state index in [9.17, 15) is 18.0 Å². The van der Waals surface area contributed by atoms with Crippen molar-refractivity contribution in [3.63, 3.8) is 0 Å². The van der Waals surface area contributed by atoms with E-state index >= 15 is 0 Å². The Labute approximate surface area is 166 Å². The lowest BCUT2D eigenvalue weighted by atomic mass is 10.1. The van der Waals surface area contributed by atoms with E-state index in [0.29, 0.717) is 22.9 Å². The van der Waals surface area contributed by atoms with E-state index in [2.05, 4.69) is 5.32 Å². The number of nitrogens with one attached hydrogen (secondary N) is 1. The largest absolute Gasteiger partial charge is 0.478 e. The highest BCUT2D eigenvalue weighted by Gasteiger charge is 2.32. The molecule has 0 unspecified atom stereocenters. The van der Waals surface area contributed by atoms with Crippen molar-refractivity contribution in [2.75, 3.05) is 5.32 Å². The average molecular weight is 425 g/mol. The molecule has 1 amide bonds. The molecule has 3 N–H and O–H groups in total. The van der Waals surface area contributed by atoms with Gasteiger partial charge in [-0.1, -0.05) is 11.6 Å². The number of amides is 1. The third-order valence-electron chi connectivity index (χ3n) is 4.07. The van der Waals surface area contributed by atoms with Crippen molar-refractivity contribution in [2.24, 2.45) is 5.14 Å². The zero-order valence-electron chi connectivity index (χ0n) is 14.7. The molecule has 1 aliphatic rings. The molecule has 0 aromatic heterocycles. The molecule has 10 heteroatoms. The van der Waals surface area contributed by atoms with Crippen molar-refractivity contribution in [1.29, 1.82) is 0 Å². The van der Waals surface area contributed by atoms with Crippen LogP contribution in [0.2, 0.25) is 5.02 Å². The Kier molecular flexibility index (Phi) is 5.59. The average Bonchev–Trinajstić information content (AvgIpc) is 3.04. The van der Waals surface area contributed by atoms with Gasteiger partial charge in [-0.25, -0.2) is 18.4 Å². The van der Waals surface area contributed by atoms with Crippen LogP contribution in [0.15, 0.2) is 47.4 Å². The Morgan fingerprint density at radius 1 is 1.25 bits per heavy atom. The monoisotopic (exact) mass is 424 g/mol. The van der Waals surface area contributed by atoms with Gasteiger partial charge in [-0.15, -0.1) is 0 Å². The summed E-state index contributed by atoms with van der Waals surface area (Å²) in [4.78, 5) is 24.4. The zero-order chi connectivity index (χ0) is 20.5. The summed E-state index contributed by atoms with van der Waals surface area (Å²) in [6.45, 7) is 1.42. The van der Waals surface area contributed by atoms with Gasteiger partial charge in [0.05, 0.1) is 4.90 Å². The van der Waals surface area contributed by atoms with Crippen LogP contribution in [0.25, 0.3) is 0 Å². The number of sulfonamides is 1. The Bertz CT molecular complexity index is 1020. The maximum Gasteiger partial charge on any atom is 0.348 e. The van der Waals surface area contributed by atoms with Gasteiger partial charge in [0, 0.05) is 17.1 Å². The first kappa shape index (κ1) is 20.1. The summed E-state index contributed by atoms with van der Waals surface area (Å²) in [6.07, 6.45) is -1.63. The van der Waals surface area contributed by atoms with Crippen molar-refractivity contribution in [3.05, 3.63) is 53.1 Å². The minimum atomic E-state index is -3.82. The number of esters is 1. The molecule has 0 radical (unpaired) electrons. The molecule has 2 aromatic carbocycles. The van der Waals surface area contributed by atoms with Crippen molar-refractivity contribution in [3.8, 4) is 5.75 Å². The predicted molar refractivity (Wildman–Crippen MR) is 102 cm³/mol. The lowest BCUT2D eigenvalue weighted by molar-refractivity contribution is -0.159. The van der Waals surface area contributed by atoms with Crippen LogP contribution in [0.3, 0.4) is 0 Å². The number of hydrogen-bond acceptors (Lipinski definition) is 6. The lowest BCUT2D eigenvalue weighted by Crippen LogP contribution is -2.35. The SMILES string of the molecule is C[C@H](OC(=O)[C@@H]1Cc2cc(Cl)ccc2O1)C(=O)Nc1ccc(S(N)(=O)=O)cc1. The number of nitrogens with two attached hydrogens (primary N) is 1. The number of hydrogen-bond donors (Lipinski definition) is 2. The minimum Gasteiger partial charge on any atom is -0.478 e. The minimum absolute atomic E-state index is 0.0805. The number of rotatable bonds is 5. The summed E-state index contributed by atoms with van der Waals surface area (Å²) in [5, 5.41) is 8.09. The summed E-state index contributed by atoms with van der Waals surface area (Å²) >= 11 is 5.92. The zero-order valence-corrected chi connectivity index (χ0v) is 16.3. The first-order valence-electron chi connectivity index (χ1n) is 8.23. The fraction of sp³-hybridized carbons (Fsp3) is 0.222. The summed E-state index contributed by atoms with van der Waals surface area (Å²) in [6, 6.07) is 10.3. The predicted octanol–water partition coefficient (Wildman–Crippen LogP) is 1.86. The number of anilines is 1. The molecule has 2 aromatic rings. The van der Waals surface area contributed by atoms with Crippen LogP contribution < -0.4 is 15.2 Å². The van der Waals surface area contributed by atoms with Crippen molar-refractivity contribution >= 4 is 39.2 Å². The lowest BCUT2D eigenvalue weighted by Gasteiger charge is -2.16. The molecule has 1 aliphatic heterocycles. The molecule has 0 saturated carbocycles. The quantitative estimate of drug-likeness (QED) is 0.706.